The smallest absolute Gasteiger partial charge is 0.0977 e. The average molecular weight is 302 g/mol. The number of nitrogens with zero attached hydrogens (tertiary/aromatic N) is 1. The minimum absolute atomic E-state index is 0.131. The van der Waals surface area contributed by atoms with Crippen molar-refractivity contribution in [2.75, 3.05) is 6.54 Å². The third-order valence-corrected chi connectivity index (χ3v) is 5.57. The summed E-state index contributed by atoms with van der Waals surface area (Å²) >= 11 is 1.76. The summed E-state index contributed by atoms with van der Waals surface area (Å²) in [5.74, 6) is -0.131. The van der Waals surface area contributed by atoms with E-state index >= 15 is 0 Å². The van der Waals surface area contributed by atoms with Crippen LogP contribution in [-0.4, -0.2) is 16.6 Å². The van der Waals surface area contributed by atoms with Crippen LogP contribution >= 0.6 is 11.3 Å². The molecule has 21 heavy (non-hydrogen) atoms. The maximum atomic E-state index is 10.7. The lowest BCUT2D eigenvalue weighted by Gasteiger charge is -2.19. The van der Waals surface area contributed by atoms with Gasteiger partial charge in [-0.25, -0.2) is 0 Å². The molecule has 0 amide bonds. The monoisotopic (exact) mass is 302 g/mol. The number of thiophene rings is 1. The molecule has 1 aliphatic rings. The molecule has 2 aromatic heterocycles. The van der Waals surface area contributed by atoms with Crippen molar-refractivity contribution in [1.29, 1.82) is 0 Å². The highest BCUT2D eigenvalue weighted by atomic mass is 32.1. The zero-order chi connectivity index (χ0) is 14.7. The lowest BCUT2D eigenvalue weighted by atomic mass is 9.96. The summed E-state index contributed by atoms with van der Waals surface area (Å²) in [5.41, 5.74) is 8.20. The maximum Gasteiger partial charge on any atom is 0.0977 e. The van der Waals surface area contributed by atoms with Crippen molar-refractivity contribution in [2.45, 2.75) is 44.1 Å². The zero-order valence-corrected chi connectivity index (χ0v) is 13.0. The van der Waals surface area contributed by atoms with Gasteiger partial charge in [0.15, 0.2) is 0 Å². The van der Waals surface area contributed by atoms with E-state index in [2.05, 4.69) is 11.1 Å². The second kappa shape index (κ2) is 6.69. The van der Waals surface area contributed by atoms with Gasteiger partial charge < -0.3 is 10.8 Å². The topological polar surface area (TPSA) is 59.1 Å². The van der Waals surface area contributed by atoms with Gasteiger partial charge in [-0.1, -0.05) is 12.5 Å². The Morgan fingerprint density at radius 1 is 1.24 bits per heavy atom. The van der Waals surface area contributed by atoms with Crippen molar-refractivity contribution >= 4 is 11.3 Å². The fraction of sp³-hybridized carbons (Fsp3) is 0.471. The molecule has 0 radical (unpaired) electrons. The number of hydrogen-bond acceptors (Lipinski definition) is 4. The molecule has 0 saturated heterocycles. The Balaban J connectivity index is 1.85. The minimum atomic E-state index is -0.554. The van der Waals surface area contributed by atoms with Crippen LogP contribution in [0.4, 0.5) is 0 Å². The molecule has 0 saturated carbocycles. The van der Waals surface area contributed by atoms with Gasteiger partial charge >= 0.3 is 0 Å². The fourth-order valence-electron chi connectivity index (χ4n) is 3.04. The lowest BCUT2D eigenvalue weighted by molar-refractivity contribution is 0.149. The average Bonchev–Trinajstić information content (AvgIpc) is 2.80. The third kappa shape index (κ3) is 3.18. The quantitative estimate of drug-likeness (QED) is 0.853. The van der Waals surface area contributed by atoms with Crippen molar-refractivity contribution in [3.05, 3.63) is 51.5 Å². The van der Waals surface area contributed by atoms with E-state index in [1.165, 1.54) is 29.7 Å². The van der Waals surface area contributed by atoms with Gasteiger partial charge in [0.2, 0.25) is 0 Å². The van der Waals surface area contributed by atoms with Crippen LogP contribution < -0.4 is 5.73 Å². The number of rotatable bonds is 4. The van der Waals surface area contributed by atoms with Crippen LogP contribution in [0, 0.1) is 0 Å². The molecule has 112 valence electrons. The molecule has 3 rings (SSSR count). The highest BCUT2D eigenvalue weighted by Crippen LogP contribution is 2.37. The van der Waals surface area contributed by atoms with E-state index in [0.717, 1.165) is 23.4 Å². The molecular weight excluding hydrogens is 280 g/mol. The predicted molar refractivity (Wildman–Crippen MR) is 86.6 cm³/mol. The van der Waals surface area contributed by atoms with Gasteiger partial charge in [0, 0.05) is 34.1 Å². The molecule has 2 atom stereocenters. The number of fused-ring (bicyclic) bond motifs is 1. The van der Waals surface area contributed by atoms with Crippen LogP contribution in [0.3, 0.4) is 0 Å². The van der Waals surface area contributed by atoms with E-state index in [1.807, 2.05) is 18.2 Å². The van der Waals surface area contributed by atoms with Crippen molar-refractivity contribution in [1.82, 2.24) is 4.98 Å². The summed E-state index contributed by atoms with van der Waals surface area (Å²) in [6, 6.07) is 7.97. The first-order valence-corrected chi connectivity index (χ1v) is 8.52. The van der Waals surface area contributed by atoms with Gasteiger partial charge in [0.05, 0.1) is 6.10 Å². The highest BCUT2D eigenvalue weighted by molar-refractivity contribution is 7.12. The van der Waals surface area contributed by atoms with Crippen LogP contribution in [0.15, 0.2) is 30.5 Å². The first-order valence-electron chi connectivity index (χ1n) is 7.70. The van der Waals surface area contributed by atoms with E-state index in [4.69, 9.17) is 5.73 Å². The number of hydrogen-bond donors (Lipinski definition) is 2. The molecule has 0 aromatic carbocycles. The molecule has 3 nitrogen and oxygen atoms in total. The van der Waals surface area contributed by atoms with Gasteiger partial charge in [-0.3, -0.25) is 4.98 Å². The van der Waals surface area contributed by atoms with Crippen molar-refractivity contribution in [3.63, 3.8) is 0 Å². The Bertz CT molecular complexity index is 558. The summed E-state index contributed by atoms with van der Waals surface area (Å²) in [6.45, 7) is 0.404. The Hall–Kier alpha value is -1.23. The molecule has 4 heteroatoms. The van der Waals surface area contributed by atoms with Crippen LogP contribution in [0.1, 0.15) is 52.3 Å². The summed E-state index contributed by atoms with van der Waals surface area (Å²) in [6.07, 6.45) is 7.36. The van der Waals surface area contributed by atoms with Crippen LogP contribution in [0.5, 0.6) is 0 Å². The second-order valence-corrected chi connectivity index (χ2v) is 6.87. The summed E-state index contributed by atoms with van der Waals surface area (Å²) in [7, 11) is 0. The maximum absolute atomic E-state index is 10.7. The summed E-state index contributed by atoms with van der Waals surface area (Å²) in [4.78, 5) is 6.86. The number of aromatic nitrogens is 1. The Kier molecular flexibility index (Phi) is 4.68. The molecule has 1 aliphatic carbocycles. The molecule has 0 fully saturated rings. The molecule has 2 heterocycles. The van der Waals surface area contributed by atoms with E-state index in [1.54, 1.807) is 17.5 Å². The van der Waals surface area contributed by atoms with Crippen LogP contribution in [-0.2, 0) is 12.8 Å². The number of pyridine rings is 1. The van der Waals surface area contributed by atoms with Gasteiger partial charge in [-0.05, 0) is 49.4 Å². The summed E-state index contributed by atoms with van der Waals surface area (Å²) < 4.78 is 0. The standard InChI is InChI=1S/C17H22N2OS/c18-11-13(14-7-4-5-9-19-14)17(20)16-10-12-6-2-1-3-8-15(12)21-16/h4-5,7,9-10,13,17,20H,1-3,6,8,11,18H2. The number of aryl methyl sites for hydroxylation is 2. The number of aliphatic hydroxyl groups excluding tert-OH is 1. The van der Waals surface area contributed by atoms with E-state index in [-0.39, 0.29) is 5.92 Å². The molecular formula is C17H22N2OS. The number of nitrogens with two attached hydrogens (primary N) is 1. The minimum Gasteiger partial charge on any atom is -0.387 e. The van der Waals surface area contributed by atoms with Crippen molar-refractivity contribution in [3.8, 4) is 0 Å². The summed E-state index contributed by atoms with van der Waals surface area (Å²) in [5, 5.41) is 10.7. The van der Waals surface area contributed by atoms with Gasteiger partial charge in [0.25, 0.3) is 0 Å². The fourth-order valence-corrected chi connectivity index (χ4v) is 4.35. The lowest BCUT2D eigenvalue weighted by Crippen LogP contribution is -2.20. The van der Waals surface area contributed by atoms with E-state index in [0.29, 0.717) is 6.54 Å². The molecule has 0 spiro atoms. The first-order chi connectivity index (χ1) is 10.3. The Morgan fingerprint density at radius 3 is 2.86 bits per heavy atom. The molecule has 3 N–H and O–H groups in total. The Morgan fingerprint density at radius 2 is 2.10 bits per heavy atom. The van der Waals surface area contributed by atoms with Crippen molar-refractivity contribution < 1.29 is 5.11 Å². The van der Waals surface area contributed by atoms with Gasteiger partial charge in [0.1, 0.15) is 0 Å². The zero-order valence-electron chi connectivity index (χ0n) is 12.2. The highest BCUT2D eigenvalue weighted by Gasteiger charge is 2.25. The molecule has 2 aromatic rings. The normalized spacial score (nSPS) is 17.8. The molecule has 0 aliphatic heterocycles. The van der Waals surface area contributed by atoms with Crippen molar-refractivity contribution in [2.24, 2.45) is 5.73 Å². The first kappa shape index (κ1) is 14.7. The van der Waals surface area contributed by atoms with Crippen LogP contribution in [0.2, 0.25) is 0 Å². The second-order valence-electron chi connectivity index (χ2n) is 5.70. The SMILES string of the molecule is NCC(c1ccccn1)C(O)c1cc2c(s1)CCCCC2. The predicted octanol–water partition coefficient (Wildman–Crippen LogP) is 3.19. The van der Waals surface area contributed by atoms with E-state index < -0.39 is 6.10 Å². The number of aliphatic hydroxyl groups is 1. The molecule has 2 unspecified atom stereocenters. The van der Waals surface area contributed by atoms with E-state index in [9.17, 15) is 5.11 Å². The Labute approximate surface area is 129 Å². The largest absolute Gasteiger partial charge is 0.387 e. The molecule has 0 bridgehead atoms. The third-order valence-electron chi connectivity index (χ3n) is 4.26. The van der Waals surface area contributed by atoms with Gasteiger partial charge in [-0.15, -0.1) is 11.3 Å². The van der Waals surface area contributed by atoms with Crippen LogP contribution in [0.25, 0.3) is 0 Å². The van der Waals surface area contributed by atoms with Gasteiger partial charge in [-0.2, -0.15) is 0 Å².